The van der Waals surface area contributed by atoms with Crippen LogP contribution in [0.2, 0.25) is 0 Å². The summed E-state index contributed by atoms with van der Waals surface area (Å²) in [6.45, 7) is 3.00. The van der Waals surface area contributed by atoms with Gasteiger partial charge >= 0.3 is 0 Å². The lowest BCUT2D eigenvalue weighted by Gasteiger charge is -2.06. The monoisotopic (exact) mass is 438 g/mol. The lowest BCUT2D eigenvalue weighted by Crippen LogP contribution is -2.20. The minimum atomic E-state index is -0.691. The van der Waals surface area contributed by atoms with Gasteiger partial charge in [0.05, 0.1) is 16.8 Å². The molecule has 0 unspecified atom stereocenters. The molecule has 0 saturated carbocycles. The van der Waals surface area contributed by atoms with Gasteiger partial charge in [-0.3, -0.25) is 4.79 Å². The van der Waals surface area contributed by atoms with E-state index in [9.17, 15) is 13.6 Å². The van der Waals surface area contributed by atoms with Crippen molar-refractivity contribution in [1.82, 2.24) is 4.57 Å². The Morgan fingerprint density at radius 2 is 1.74 bits per heavy atom. The minimum Gasteiger partial charge on any atom is -0.380 e. The second-order valence-electron chi connectivity index (χ2n) is 6.83. The summed E-state index contributed by atoms with van der Waals surface area (Å²) in [6.07, 6.45) is 0. The summed E-state index contributed by atoms with van der Waals surface area (Å²) in [5, 5.41) is 0. The van der Waals surface area contributed by atoms with Crippen LogP contribution in [0.5, 0.6) is 0 Å². The largest absolute Gasteiger partial charge is 0.380 e. The standard InChI is InChI=1S/C24H20F2N2O2S/c1-2-30-13-12-28-22-20(26)14-19(25)15-21(22)31-24(28)27-23(29)18-10-8-17(9-11-18)16-6-4-3-5-7-16/h3-11,14-15H,2,12-13H2,1H3. The molecule has 0 saturated heterocycles. The normalized spacial score (nSPS) is 11.9. The van der Waals surface area contributed by atoms with Crippen molar-refractivity contribution >= 4 is 27.5 Å². The van der Waals surface area contributed by atoms with E-state index in [-0.39, 0.29) is 5.52 Å². The molecular weight excluding hydrogens is 418 g/mol. The van der Waals surface area contributed by atoms with E-state index < -0.39 is 17.5 Å². The Kier molecular flexibility index (Phi) is 6.34. The molecule has 3 aromatic carbocycles. The second kappa shape index (κ2) is 9.32. The Morgan fingerprint density at radius 3 is 2.45 bits per heavy atom. The highest BCUT2D eigenvalue weighted by atomic mass is 32.1. The van der Waals surface area contributed by atoms with Crippen molar-refractivity contribution < 1.29 is 18.3 Å². The van der Waals surface area contributed by atoms with E-state index in [1.807, 2.05) is 49.4 Å². The van der Waals surface area contributed by atoms with Gasteiger partial charge in [-0.1, -0.05) is 53.8 Å². The number of thiazole rings is 1. The lowest BCUT2D eigenvalue weighted by molar-refractivity contribution is 0.0996. The molecule has 4 rings (SSSR count). The van der Waals surface area contributed by atoms with Crippen molar-refractivity contribution in [3.8, 4) is 11.1 Å². The van der Waals surface area contributed by atoms with Gasteiger partial charge in [0.15, 0.2) is 10.6 Å². The highest BCUT2D eigenvalue weighted by molar-refractivity contribution is 7.16. The first-order valence-electron chi connectivity index (χ1n) is 9.87. The van der Waals surface area contributed by atoms with Crippen molar-refractivity contribution in [3.05, 3.63) is 88.7 Å². The van der Waals surface area contributed by atoms with Gasteiger partial charge in [-0.05, 0) is 36.2 Å². The third kappa shape index (κ3) is 4.62. The molecule has 1 amide bonds. The zero-order valence-electron chi connectivity index (χ0n) is 16.8. The minimum absolute atomic E-state index is 0.220. The average Bonchev–Trinajstić information content (AvgIpc) is 3.11. The molecule has 4 aromatic rings. The van der Waals surface area contributed by atoms with E-state index in [0.717, 1.165) is 28.5 Å². The zero-order valence-corrected chi connectivity index (χ0v) is 17.7. The number of rotatable bonds is 6. The summed E-state index contributed by atoms with van der Waals surface area (Å²) < 4.78 is 35.5. The van der Waals surface area contributed by atoms with Gasteiger partial charge in [-0.15, -0.1) is 0 Å². The van der Waals surface area contributed by atoms with Crippen LogP contribution in [0.3, 0.4) is 0 Å². The van der Waals surface area contributed by atoms with Crippen molar-refractivity contribution in [1.29, 1.82) is 0 Å². The van der Waals surface area contributed by atoms with Gasteiger partial charge in [0.1, 0.15) is 5.82 Å². The van der Waals surface area contributed by atoms with Gasteiger partial charge in [-0.2, -0.15) is 4.99 Å². The van der Waals surface area contributed by atoms with Crippen LogP contribution in [-0.2, 0) is 11.3 Å². The molecule has 31 heavy (non-hydrogen) atoms. The number of hydrogen-bond acceptors (Lipinski definition) is 3. The fraction of sp³-hybridized carbons (Fsp3) is 0.167. The fourth-order valence-electron chi connectivity index (χ4n) is 3.31. The summed E-state index contributed by atoms with van der Waals surface area (Å²) in [5.41, 5.74) is 2.68. The van der Waals surface area contributed by atoms with Crippen LogP contribution in [0, 0.1) is 11.6 Å². The highest BCUT2D eigenvalue weighted by Crippen LogP contribution is 2.23. The first-order chi connectivity index (χ1) is 15.1. The van der Waals surface area contributed by atoms with Crippen LogP contribution >= 0.6 is 11.3 Å². The van der Waals surface area contributed by atoms with Crippen molar-refractivity contribution in [2.45, 2.75) is 13.5 Å². The molecule has 158 valence electrons. The lowest BCUT2D eigenvalue weighted by atomic mass is 10.0. The Balaban J connectivity index is 1.71. The van der Waals surface area contributed by atoms with E-state index in [2.05, 4.69) is 4.99 Å². The number of benzene rings is 3. The molecule has 0 aliphatic heterocycles. The van der Waals surface area contributed by atoms with Gasteiger partial charge in [0.25, 0.3) is 5.91 Å². The van der Waals surface area contributed by atoms with E-state index in [0.29, 0.717) is 34.8 Å². The van der Waals surface area contributed by atoms with Crippen molar-refractivity contribution in [3.63, 3.8) is 0 Å². The smallest absolute Gasteiger partial charge is 0.279 e. The SMILES string of the molecule is CCOCCn1c(=NC(=O)c2ccc(-c3ccccc3)cc2)sc2cc(F)cc(F)c21. The highest BCUT2D eigenvalue weighted by Gasteiger charge is 2.14. The van der Waals surface area contributed by atoms with Crippen LogP contribution in [0.1, 0.15) is 17.3 Å². The summed E-state index contributed by atoms with van der Waals surface area (Å²) in [6, 6.07) is 19.1. The number of ether oxygens (including phenoxy) is 1. The van der Waals surface area contributed by atoms with Gasteiger partial charge in [-0.25, -0.2) is 8.78 Å². The summed E-state index contributed by atoms with van der Waals surface area (Å²) in [4.78, 5) is 17.3. The Morgan fingerprint density at radius 1 is 1.03 bits per heavy atom. The van der Waals surface area contributed by atoms with E-state index >= 15 is 0 Å². The molecule has 0 bridgehead atoms. The molecule has 0 atom stereocenters. The maximum atomic E-state index is 14.5. The summed E-state index contributed by atoms with van der Waals surface area (Å²) in [7, 11) is 0. The number of aromatic nitrogens is 1. The number of amides is 1. The molecule has 7 heteroatoms. The third-order valence-corrected chi connectivity index (χ3v) is 5.82. The first-order valence-corrected chi connectivity index (χ1v) is 10.7. The molecule has 0 radical (unpaired) electrons. The molecular formula is C24H20F2N2O2S. The predicted octanol–water partition coefficient (Wildman–Crippen LogP) is 5.43. The van der Waals surface area contributed by atoms with Gasteiger partial charge < -0.3 is 9.30 Å². The molecule has 1 aromatic heterocycles. The van der Waals surface area contributed by atoms with Crippen LogP contribution in [-0.4, -0.2) is 23.7 Å². The maximum Gasteiger partial charge on any atom is 0.279 e. The Bertz CT molecular complexity index is 1280. The maximum absolute atomic E-state index is 14.5. The molecule has 0 aliphatic carbocycles. The zero-order chi connectivity index (χ0) is 21.8. The molecule has 4 nitrogen and oxygen atoms in total. The first kappa shape index (κ1) is 21.1. The van der Waals surface area contributed by atoms with Crippen LogP contribution in [0.4, 0.5) is 8.78 Å². The summed E-state index contributed by atoms with van der Waals surface area (Å²) in [5.74, 6) is -1.81. The average molecular weight is 438 g/mol. The topological polar surface area (TPSA) is 43.6 Å². The number of halogens is 2. The van der Waals surface area contributed by atoms with Crippen LogP contribution in [0.15, 0.2) is 71.7 Å². The number of nitrogens with zero attached hydrogens (tertiary/aromatic N) is 2. The predicted molar refractivity (Wildman–Crippen MR) is 118 cm³/mol. The molecule has 0 fully saturated rings. The van der Waals surface area contributed by atoms with E-state index in [1.54, 1.807) is 16.7 Å². The number of carbonyl (C=O) groups is 1. The summed E-state index contributed by atoms with van der Waals surface area (Å²) >= 11 is 1.07. The number of carbonyl (C=O) groups excluding carboxylic acids is 1. The third-order valence-electron chi connectivity index (χ3n) is 4.79. The number of hydrogen-bond donors (Lipinski definition) is 0. The second-order valence-corrected chi connectivity index (χ2v) is 7.84. The van der Waals surface area contributed by atoms with Gasteiger partial charge in [0.2, 0.25) is 0 Å². The molecule has 0 spiro atoms. The molecule has 0 N–H and O–H groups in total. The van der Waals surface area contributed by atoms with Crippen LogP contribution in [0.25, 0.3) is 21.3 Å². The fourth-order valence-corrected chi connectivity index (χ4v) is 4.40. The van der Waals surface area contributed by atoms with Gasteiger partial charge in [0, 0.05) is 24.8 Å². The molecule has 0 aliphatic rings. The van der Waals surface area contributed by atoms with Crippen molar-refractivity contribution in [2.75, 3.05) is 13.2 Å². The van der Waals surface area contributed by atoms with E-state index in [1.165, 1.54) is 6.07 Å². The Hall–Kier alpha value is -3.16. The number of fused-ring (bicyclic) bond motifs is 1. The molecule has 1 heterocycles. The van der Waals surface area contributed by atoms with Crippen LogP contribution < -0.4 is 4.80 Å². The quantitative estimate of drug-likeness (QED) is 0.377. The van der Waals surface area contributed by atoms with Crippen molar-refractivity contribution in [2.24, 2.45) is 4.99 Å². The Labute approximate surface area is 182 Å². The van der Waals surface area contributed by atoms with E-state index in [4.69, 9.17) is 4.74 Å².